The van der Waals surface area contributed by atoms with E-state index in [0.717, 1.165) is 15.1 Å². The summed E-state index contributed by atoms with van der Waals surface area (Å²) in [6, 6.07) is 1.96. The molecule has 2 aromatic heterocycles. The molecule has 1 atom stereocenters. The third-order valence-corrected chi connectivity index (χ3v) is 3.32. The van der Waals surface area contributed by atoms with Crippen molar-refractivity contribution in [1.82, 2.24) is 9.97 Å². The Morgan fingerprint density at radius 3 is 3.00 bits per heavy atom. The lowest BCUT2D eigenvalue weighted by Gasteiger charge is -2.10. The maximum Gasteiger partial charge on any atom is 0.225 e. The summed E-state index contributed by atoms with van der Waals surface area (Å²) in [6.45, 7) is 1.90. The molecule has 2 heterocycles. The van der Waals surface area contributed by atoms with E-state index < -0.39 is 6.10 Å². The summed E-state index contributed by atoms with van der Waals surface area (Å²) in [5, 5.41) is 22.0. The third-order valence-electron chi connectivity index (χ3n) is 2.20. The first-order valence-corrected chi connectivity index (χ1v) is 6.26. The van der Waals surface area contributed by atoms with Crippen LogP contribution in [0.1, 0.15) is 4.88 Å². The molecule has 0 bridgehead atoms. The lowest BCUT2D eigenvalue weighted by atomic mass is 10.3. The van der Waals surface area contributed by atoms with Gasteiger partial charge in [0.15, 0.2) is 0 Å². The van der Waals surface area contributed by atoms with Crippen LogP contribution in [0.2, 0.25) is 5.28 Å². The Balaban J connectivity index is 2.31. The normalized spacial score (nSPS) is 12.9. The number of hydrogen-bond donors (Lipinski definition) is 3. The van der Waals surface area contributed by atoms with Crippen LogP contribution in [0, 0.1) is 6.92 Å². The number of anilines is 1. The Morgan fingerprint density at radius 1 is 1.53 bits per heavy atom. The van der Waals surface area contributed by atoms with Crippen molar-refractivity contribution in [3.63, 3.8) is 0 Å². The third kappa shape index (κ3) is 2.84. The van der Waals surface area contributed by atoms with Crippen molar-refractivity contribution in [2.75, 3.05) is 18.5 Å². The van der Waals surface area contributed by atoms with Gasteiger partial charge in [-0.3, -0.25) is 0 Å². The number of aliphatic hydroxyl groups excluding tert-OH is 2. The van der Waals surface area contributed by atoms with Crippen LogP contribution in [0.15, 0.2) is 6.07 Å². The van der Waals surface area contributed by atoms with Gasteiger partial charge < -0.3 is 15.5 Å². The van der Waals surface area contributed by atoms with Gasteiger partial charge in [0, 0.05) is 11.4 Å². The minimum Gasteiger partial charge on any atom is -0.394 e. The molecule has 7 heteroatoms. The molecule has 5 nitrogen and oxygen atoms in total. The fraction of sp³-hybridized carbons (Fsp3) is 0.400. The minimum atomic E-state index is -0.821. The zero-order valence-corrected chi connectivity index (χ0v) is 10.7. The van der Waals surface area contributed by atoms with Crippen LogP contribution in [-0.2, 0) is 0 Å². The molecule has 2 aromatic rings. The maximum atomic E-state index is 9.28. The first-order chi connectivity index (χ1) is 8.10. The van der Waals surface area contributed by atoms with Gasteiger partial charge in [0.05, 0.1) is 18.1 Å². The van der Waals surface area contributed by atoms with Crippen LogP contribution < -0.4 is 5.32 Å². The highest BCUT2D eigenvalue weighted by molar-refractivity contribution is 7.18. The van der Waals surface area contributed by atoms with Crippen LogP contribution in [0.3, 0.4) is 0 Å². The molecule has 3 N–H and O–H groups in total. The number of aromatic nitrogens is 2. The molecule has 2 rings (SSSR count). The average molecular weight is 274 g/mol. The number of thiophene rings is 1. The number of nitrogens with zero attached hydrogens (tertiary/aromatic N) is 2. The smallest absolute Gasteiger partial charge is 0.225 e. The number of aliphatic hydroxyl groups is 2. The van der Waals surface area contributed by atoms with Crippen molar-refractivity contribution < 1.29 is 10.2 Å². The van der Waals surface area contributed by atoms with Crippen LogP contribution in [-0.4, -0.2) is 39.4 Å². The zero-order valence-electron chi connectivity index (χ0n) is 9.14. The van der Waals surface area contributed by atoms with Gasteiger partial charge in [0.25, 0.3) is 0 Å². The van der Waals surface area contributed by atoms with E-state index in [1.165, 1.54) is 11.3 Å². The first-order valence-electron chi connectivity index (χ1n) is 5.06. The summed E-state index contributed by atoms with van der Waals surface area (Å²) in [7, 11) is 0. The molecule has 0 aromatic carbocycles. The molecule has 0 aliphatic rings. The molecule has 0 aliphatic heterocycles. The predicted octanol–water partition coefficient (Wildman–Crippen LogP) is 1.42. The van der Waals surface area contributed by atoms with E-state index in [1.54, 1.807) is 0 Å². The van der Waals surface area contributed by atoms with Gasteiger partial charge in [-0.05, 0) is 24.6 Å². The highest BCUT2D eigenvalue weighted by Gasteiger charge is 2.10. The maximum absolute atomic E-state index is 9.28. The minimum absolute atomic E-state index is 0.167. The molecular formula is C10H12ClN3O2S. The van der Waals surface area contributed by atoms with Crippen molar-refractivity contribution in [1.29, 1.82) is 0 Å². The molecule has 0 fully saturated rings. The van der Waals surface area contributed by atoms with E-state index in [1.807, 2.05) is 13.0 Å². The Kier molecular flexibility index (Phi) is 3.78. The van der Waals surface area contributed by atoms with Gasteiger partial charge in [-0.2, -0.15) is 0 Å². The molecule has 0 saturated carbocycles. The molecule has 0 radical (unpaired) electrons. The molecule has 92 valence electrons. The number of aryl methyl sites for hydroxylation is 1. The Hall–Kier alpha value is -0.950. The number of fused-ring (bicyclic) bond motifs is 1. The second-order valence-corrected chi connectivity index (χ2v) is 5.21. The predicted molar refractivity (Wildman–Crippen MR) is 68.7 cm³/mol. The van der Waals surface area contributed by atoms with Crippen molar-refractivity contribution in [3.8, 4) is 0 Å². The molecule has 0 aliphatic carbocycles. The number of nitrogens with one attached hydrogen (secondary N) is 1. The Bertz CT molecular complexity index is 531. The van der Waals surface area contributed by atoms with Crippen molar-refractivity contribution in [2.45, 2.75) is 13.0 Å². The zero-order chi connectivity index (χ0) is 12.4. The summed E-state index contributed by atoms with van der Waals surface area (Å²) in [5.74, 6) is 0.580. The second-order valence-electron chi connectivity index (χ2n) is 3.63. The summed E-state index contributed by atoms with van der Waals surface area (Å²) in [5.41, 5.74) is 0. The Morgan fingerprint density at radius 2 is 2.29 bits per heavy atom. The molecule has 0 saturated heterocycles. The highest BCUT2D eigenvalue weighted by Crippen LogP contribution is 2.29. The molecular weight excluding hydrogens is 262 g/mol. The van der Waals surface area contributed by atoms with Gasteiger partial charge in [-0.1, -0.05) is 0 Å². The van der Waals surface area contributed by atoms with Gasteiger partial charge in [-0.15, -0.1) is 11.3 Å². The van der Waals surface area contributed by atoms with E-state index in [4.69, 9.17) is 16.7 Å². The molecule has 1 unspecified atom stereocenters. The van der Waals surface area contributed by atoms with Gasteiger partial charge in [0.2, 0.25) is 5.28 Å². The lowest BCUT2D eigenvalue weighted by molar-refractivity contribution is 0.105. The van der Waals surface area contributed by atoms with Crippen LogP contribution in [0.25, 0.3) is 10.2 Å². The fourth-order valence-electron chi connectivity index (χ4n) is 1.43. The summed E-state index contributed by atoms with van der Waals surface area (Å²) in [6.07, 6.45) is -0.821. The standard InChI is InChI=1S/C10H12ClN3O2S/c1-5-2-7-8(12-3-6(16)4-15)13-10(11)14-9(7)17-5/h2,6,15-16H,3-4H2,1H3,(H,12,13,14). The topological polar surface area (TPSA) is 78.3 Å². The van der Waals surface area contributed by atoms with Crippen molar-refractivity contribution >= 4 is 39.0 Å². The van der Waals surface area contributed by atoms with E-state index in [-0.39, 0.29) is 18.4 Å². The van der Waals surface area contributed by atoms with Crippen LogP contribution >= 0.6 is 22.9 Å². The molecule has 0 amide bonds. The second kappa shape index (κ2) is 5.14. The average Bonchev–Trinajstić information content (AvgIpc) is 2.65. The first kappa shape index (κ1) is 12.5. The summed E-state index contributed by atoms with van der Waals surface area (Å²) < 4.78 is 0. The van der Waals surface area contributed by atoms with E-state index in [9.17, 15) is 5.11 Å². The molecule has 17 heavy (non-hydrogen) atoms. The van der Waals surface area contributed by atoms with Gasteiger partial charge >= 0.3 is 0 Å². The fourth-order valence-corrected chi connectivity index (χ4v) is 2.53. The Labute approximate surface area is 107 Å². The molecule has 0 spiro atoms. The quantitative estimate of drug-likeness (QED) is 0.735. The number of rotatable bonds is 4. The van der Waals surface area contributed by atoms with E-state index in [0.29, 0.717) is 5.82 Å². The number of halogens is 1. The largest absolute Gasteiger partial charge is 0.394 e. The van der Waals surface area contributed by atoms with Crippen LogP contribution in [0.5, 0.6) is 0 Å². The van der Waals surface area contributed by atoms with Crippen molar-refractivity contribution in [2.24, 2.45) is 0 Å². The monoisotopic (exact) mass is 273 g/mol. The van der Waals surface area contributed by atoms with E-state index in [2.05, 4.69) is 15.3 Å². The SMILES string of the molecule is Cc1cc2c(NCC(O)CO)nc(Cl)nc2s1. The van der Waals surface area contributed by atoms with Gasteiger partial charge in [0.1, 0.15) is 10.6 Å². The summed E-state index contributed by atoms with van der Waals surface area (Å²) >= 11 is 7.35. The highest BCUT2D eigenvalue weighted by atomic mass is 35.5. The summed E-state index contributed by atoms with van der Waals surface area (Å²) in [4.78, 5) is 10.1. The van der Waals surface area contributed by atoms with E-state index >= 15 is 0 Å². The lowest BCUT2D eigenvalue weighted by Crippen LogP contribution is -2.23. The van der Waals surface area contributed by atoms with Crippen molar-refractivity contribution in [3.05, 3.63) is 16.2 Å². The van der Waals surface area contributed by atoms with Gasteiger partial charge in [-0.25, -0.2) is 9.97 Å². The number of hydrogen-bond acceptors (Lipinski definition) is 6. The van der Waals surface area contributed by atoms with Crippen LogP contribution in [0.4, 0.5) is 5.82 Å².